The van der Waals surface area contributed by atoms with Crippen LogP contribution in [-0.4, -0.2) is 52.6 Å². The van der Waals surface area contributed by atoms with Gasteiger partial charge in [-0.05, 0) is 37.3 Å². The van der Waals surface area contributed by atoms with Crippen molar-refractivity contribution in [3.05, 3.63) is 42.0 Å². The summed E-state index contributed by atoms with van der Waals surface area (Å²) in [5.74, 6) is -0.181. The highest BCUT2D eigenvalue weighted by molar-refractivity contribution is 6.15. The van der Waals surface area contributed by atoms with Crippen molar-refractivity contribution in [2.75, 3.05) is 25.6 Å². The molecule has 0 radical (unpaired) electrons. The van der Waals surface area contributed by atoms with Crippen LogP contribution >= 0.6 is 0 Å². The molecular formula is C23H19F4N5O3. The van der Waals surface area contributed by atoms with Crippen molar-refractivity contribution in [2.24, 2.45) is 0 Å². The van der Waals surface area contributed by atoms with Crippen molar-refractivity contribution in [1.29, 1.82) is 5.26 Å². The maximum Gasteiger partial charge on any atom is 0.417 e. The predicted molar refractivity (Wildman–Crippen MR) is 120 cm³/mol. The molecule has 2 heterocycles. The molecule has 35 heavy (non-hydrogen) atoms. The number of aliphatic hydroxyl groups excluding tert-OH is 1. The molecule has 0 saturated heterocycles. The number of benzene rings is 2. The van der Waals surface area contributed by atoms with Gasteiger partial charge in [0.05, 0.1) is 22.3 Å². The van der Waals surface area contributed by atoms with Crippen LogP contribution in [0.25, 0.3) is 33.2 Å². The van der Waals surface area contributed by atoms with E-state index in [0.29, 0.717) is 44.7 Å². The summed E-state index contributed by atoms with van der Waals surface area (Å²) in [6, 6.07) is 8.80. The lowest BCUT2D eigenvalue weighted by molar-refractivity contribution is -0.210. The molecule has 2 aromatic heterocycles. The molecular weight excluding hydrogens is 470 g/mol. The first kappa shape index (κ1) is 24.0. The maximum absolute atomic E-state index is 14.3. The summed E-state index contributed by atoms with van der Waals surface area (Å²) < 4.78 is 62.8. The zero-order valence-corrected chi connectivity index (χ0v) is 18.5. The number of rotatable bonds is 7. The molecule has 182 valence electrons. The fourth-order valence-electron chi connectivity index (χ4n) is 3.64. The second-order valence-corrected chi connectivity index (χ2v) is 7.57. The highest BCUT2D eigenvalue weighted by Crippen LogP contribution is 2.39. The number of nitriles is 1. The van der Waals surface area contributed by atoms with Crippen molar-refractivity contribution < 1.29 is 32.1 Å². The molecule has 12 heteroatoms. The number of nitrogens with one attached hydrogen (secondary N) is 2. The van der Waals surface area contributed by atoms with Gasteiger partial charge in [-0.2, -0.15) is 18.4 Å². The molecule has 0 spiro atoms. The van der Waals surface area contributed by atoms with E-state index in [1.54, 1.807) is 20.0 Å². The van der Waals surface area contributed by atoms with Crippen LogP contribution in [0.15, 0.2) is 30.3 Å². The standard InChI is InChI=1S/C23H19F4N5O3/c1-11-30-20(19-14-8-13(24)9-15(29-2)21(14)32-22(19)31-11)12-3-4-16(17(7-12)34-6-5-28)35-10-18(33)23(25,26)27/h3-4,7-9,18,29,33H,6,10H2,1-2H3,(H,30,31,32)/t18-/m1/s1. The smallest absolute Gasteiger partial charge is 0.417 e. The largest absolute Gasteiger partial charge is 0.487 e. The van der Waals surface area contributed by atoms with E-state index in [9.17, 15) is 22.7 Å². The summed E-state index contributed by atoms with van der Waals surface area (Å²) >= 11 is 0. The van der Waals surface area contributed by atoms with Gasteiger partial charge in [-0.15, -0.1) is 0 Å². The third-order valence-corrected chi connectivity index (χ3v) is 5.19. The Morgan fingerprint density at radius 1 is 1.17 bits per heavy atom. The second kappa shape index (κ2) is 9.27. The summed E-state index contributed by atoms with van der Waals surface area (Å²) in [5, 5.41) is 22.1. The number of alkyl halides is 3. The molecule has 0 aliphatic rings. The van der Waals surface area contributed by atoms with E-state index < -0.39 is 31.3 Å². The summed E-state index contributed by atoms with van der Waals surface area (Å²) in [7, 11) is 1.66. The fraction of sp³-hybridized carbons (Fsp3) is 0.261. The Labute approximate surface area is 196 Å². The summed E-state index contributed by atoms with van der Waals surface area (Å²) in [6.45, 7) is 0.220. The van der Waals surface area contributed by atoms with Gasteiger partial charge in [0.2, 0.25) is 0 Å². The highest BCUT2D eigenvalue weighted by atomic mass is 19.4. The van der Waals surface area contributed by atoms with E-state index in [0.717, 1.165) is 0 Å². The third-order valence-electron chi connectivity index (χ3n) is 5.19. The molecule has 1 atom stereocenters. The van der Waals surface area contributed by atoms with Gasteiger partial charge < -0.3 is 24.9 Å². The minimum absolute atomic E-state index is 0.0234. The summed E-state index contributed by atoms with van der Waals surface area (Å²) in [6.07, 6.45) is -7.55. The van der Waals surface area contributed by atoms with Crippen LogP contribution in [-0.2, 0) is 0 Å². The lowest BCUT2D eigenvalue weighted by Crippen LogP contribution is -2.34. The van der Waals surface area contributed by atoms with Crippen molar-refractivity contribution in [3.63, 3.8) is 0 Å². The highest BCUT2D eigenvalue weighted by Gasteiger charge is 2.39. The number of aliphatic hydroxyl groups is 1. The molecule has 4 aromatic rings. The van der Waals surface area contributed by atoms with Crippen LogP contribution in [0.5, 0.6) is 11.5 Å². The average Bonchev–Trinajstić information content (AvgIpc) is 3.17. The molecule has 0 unspecified atom stereocenters. The van der Waals surface area contributed by atoms with E-state index >= 15 is 0 Å². The van der Waals surface area contributed by atoms with Crippen LogP contribution in [0.3, 0.4) is 0 Å². The Morgan fingerprint density at radius 3 is 2.63 bits per heavy atom. The number of aromatic amines is 1. The summed E-state index contributed by atoms with van der Waals surface area (Å²) in [5.41, 5.74) is 2.47. The number of aromatic nitrogens is 3. The van der Waals surface area contributed by atoms with Crippen LogP contribution in [0.1, 0.15) is 5.82 Å². The maximum atomic E-state index is 14.3. The van der Waals surface area contributed by atoms with Gasteiger partial charge in [-0.1, -0.05) is 0 Å². The van der Waals surface area contributed by atoms with Gasteiger partial charge >= 0.3 is 6.18 Å². The zero-order valence-electron chi connectivity index (χ0n) is 18.5. The van der Waals surface area contributed by atoms with Crippen molar-refractivity contribution >= 4 is 27.6 Å². The number of ether oxygens (including phenoxy) is 2. The Hall–Kier alpha value is -4.11. The first-order valence-electron chi connectivity index (χ1n) is 10.3. The van der Waals surface area contributed by atoms with Gasteiger partial charge in [0.1, 0.15) is 30.0 Å². The molecule has 4 rings (SSSR count). The summed E-state index contributed by atoms with van der Waals surface area (Å²) in [4.78, 5) is 12.1. The van der Waals surface area contributed by atoms with Crippen LogP contribution in [0.4, 0.5) is 23.2 Å². The molecule has 0 saturated carbocycles. The predicted octanol–water partition coefficient (Wildman–Crippen LogP) is 4.47. The Kier molecular flexibility index (Phi) is 6.36. The Bertz CT molecular complexity index is 1450. The number of nitrogens with zero attached hydrogens (tertiary/aromatic N) is 3. The van der Waals surface area contributed by atoms with Crippen LogP contribution in [0.2, 0.25) is 0 Å². The fourth-order valence-corrected chi connectivity index (χ4v) is 3.64. The molecule has 8 nitrogen and oxygen atoms in total. The lowest BCUT2D eigenvalue weighted by Gasteiger charge is -2.17. The Balaban J connectivity index is 1.85. The third kappa shape index (κ3) is 4.76. The van der Waals surface area contributed by atoms with E-state index in [4.69, 9.17) is 14.7 Å². The van der Waals surface area contributed by atoms with E-state index in [1.807, 2.05) is 0 Å². The van der Waals surface area contributed by atoms with Gasteiger partial charge in [0.25, 0.3) is 0 Å². The van der Waals surface area contributed by atoms with Crippen molar-refractivity contribution in [1.82, 2.24) is 15.0 Å². The van der Waals surface area contributed by atoms with Gasteiger partial charge in [-0.25, -0.2) is 14.4 Å². The quantitative estimate of drug-likeness (QED) is 0.328. The normalized spacial score (nSPS) is 12.5. The van der Waals surface area contributed by atoms with Gasteiger partial charge in [0.15, 0.2) is 24.2 Å². The minimum Gasteiger partial charge on any atom is -0.487 e. The first-order chi connectivity index (χ1) is 16.6. The Morgan fingerprint density at radius 2 is 1.94 bits per heavy atom. The number of aryl methyl sites for hydroxylation is 1. The SMILES string of the molecule is CNc1cc(F)cc2c1[nH]c1nc(C)nc(-c3ccc(OC[C@@H](O)C(F)(F)F)c(OCC#N)c3)c12. The van der Waals surface area contributed by atoms with Gasteiger partial charge in [0, 0.05) is 18.0 Å². The molecule has 0 fully saturated rings. The van der Waals surface area contributed by atoms with Crippen LogP contribution in [0, 0.1) is 24.1 Å². The second-order valence-electron chi connectivity index (χ2n) is 7.57. The monoisotopic (exact) mass is 489 g/mol. The average molecular weight is 489 g/mol. The van der Waals surface area contributed by atoms with Crippen molar-refractivity contribution in [2.45, 2.75) is 19.2 Å². The van der Waals surface area contributed by atoms with Crippen LogP contribution < -0.4 is 14.8 Å². The first-order valence-corrected chi connectivity index (χ1v) is 10.3. The number of hydrogen-bond donors (Lipinski definition) is 3. The van der Waals surface area contributed by atoms with E-state index in [-0.39, 0.29) is 11.5 Å². The number of anilines is 1. The number of halogens is 4. The van der Waals surface area contributed by atoms with Crippen molar-refractivity contribution in [3.8, 4) is 28.8 Å². The molecule has 2 aromatic carbocycles. The van der Waals surface area contributed by atoms with Gasteiger partial charge in [-0.3, -0.25) is 0 Å². The molecule has 0 amide bonds. The molecule has 0 aliphatic heterocycles. The van der Waals surface area contributed by atoms with E-state index in [2.05, 4.69) is 20.3 Å². The molecule has 0 aliphatic carbocycles. The molecule has 0 bridgehead atoms. The van der Waals surface area contributed by atoms with E-state index in [1.165, 1.54) is 30.3 Å². The molecule has 3 N–H and O–H groups in total. The zero-order chi connectivity index (χ0) is 25.3. The topological polar surface area (TPSA) is 116 Å². The minimum atomic E-state index is -4.85. The number of fused-ring (bicyclic) bond motifs is 3. The number of hydrogen-bond acceptors (Lipinski definition) is 7. The number of H-pyrrole nitrogens is 1. The lowest BCUT2D eigenvalue weighted by atomic mass is 10.0.